The Hall–Kier alpha value is -2.94. The summed E-state index contributed by atoms with van der Waals surface area (Å²) >= 11 is 0. The van der Waals surface area contributed by atoms with Crippen LogP contribution in [0.2, 0.25) is 0 Å². The van der Waals surface area contributed by atoms with Crippen molar-refractivity contribution in [3.63, 3.8) is 0 Å². The summed E-state index contributed by atoms with van der Waals surface area (Å²) in [6.07, 6.45) is 0.177. The van der Waals surface area contributed by atoms with E-state index >= 15 is 0 Å². The van der Waals surface area contributed by atoms with Gasteiger partial charge in [-0.2, -0.15) is 0 Å². The maximum Gasteiger partial charge on any atom is 0.121 e. The lowest BCUT2D eigenvalue weighted by molar-refractivity contribution is 0.242. The van der Waals surface area contributed by atoms with Crippen molar-refractivity contribution in [3.05, 3.63) is 90.0 Å². The molecule has 3 heteroatoms. The smallest absolute Gasteiger partial charge is 0.121 e. The Morgan fingerprint density at radius 1 is 0.769 bits per heavy atom. The summed E-state index contributed by atoms with van der Waals surface area (Å²) in [6, 6.07) is 26.4. The van der Waals surface area contributed by atoms with Gasteiger partial charge < -0.3 is 14.8 Å². The zero-order valence-corrected chi connectivity index (χ0v) is 15.3. The minimum Gasteiger partial charge on any atom is -0.491 e. The molecule has 3 rings (SSSR count). The van der Waals surface area contributed by atoms with Gasteiger partial charge in [0.15, 0.2) is 0 Å². The predicted molar refractivity (Wildman–Crippen MR) is 107 cm³/mol. The summed E-state index contributed by atoms with van der Waals surface area (Å²) in [5.74, 6) is 1.76. The molecular weight excluding hydrogens is 322 g/mol. The third kappa shape index (κ3) is 5.55. The van der Waals surface area contributed by atoms with Crippen LogP contribution in [0.3, 0.4) is 0 Å². The number of hydrogen-bond donors (Lipinski definition) is 1. The number of benzene rings is 3. The van der Waals surface area contributed by atoms with E-state index < -0.39 is 0 Å². The van der Waals surface area contributed by atoms with Crippen molar-refractivity contribution in [1.29, 1.82) is 0 Å². The highest BCUT2D eigenvalue weighted by molar-refractivity contribution is 5.48. The number of ether oxygens (including phenoxy) is 2. The Labute approximate surface area is 155 Å². The number of anilines is 1. The van der Waals surface area contributed by atoms with Crippen LogP contribution < -0.4 is 14.8 Å². The normalized spacial score (nSPS) is 10.6. The fraction of sp³-hybridized carbons (Fsp3) is 0.217. The average molecular weight is 347 g/mol. The Kier molecular flexibility index (Phi) is 6.15. The second-order valence-electron chi connectivity index (χ2n) is 6.47. The maximum atomic E-state index is 5.89. The van der Waals surface area contributed by atoms with Gasteiger partial charge in [0.25, 0.3) is 0 Å². The summed E-state index contributed by atoms with van der Waals surface area (Å²) < 4.78 is 11.6. The highest BCUT2D eigenvalue weighted by atomic mass is 16.5. The molecule has 0 saturated heterocycles. The first-order valence-corrected chi connectivity index (χ1v) is 8.95. The molecule has 0 saturated carbocycles. The van der Waals surface area contributed by atoms with E-state index in [9.17, 15) is 0 Å². The molecule has 0 unspecified atom stereocenters. The molecule has 0 aromatic heterocycles. The van der Waals surface area contributed by atoms with Crippen molar-refractivity contribution in [2.24, 2.45) is 0 Å². The van der Waals surface area contributed by atoms with Crippen molar-refractivity contribution in [2.75, 3.05) is 5.32 Å². The lowest BCUT2D eigenvalue weighted by atomic mass is 10.2. The van der Waals surface area contributed by atoms with Gasteiger partial charge in [0.2, 0.25) is 0 Å². The molecule has 0 aliphatic carbocycles. The minimum absolute atomic E-state index is 0.177. The summed E-state index contributed by atoms with van der Waals surface area (Å²) in [6.45, 7) is 5.37. The van der Waals surface area contributed by atoms with E-state index in [1.807, 2.05) is 68.4 Å². The van der Waals surface area contributed by atoms with E-state index in [2.05, 4.69) is 29.6 Å². The molecule has 26 heavy (non-hydrogen) atoms. The standard InChI is InChI=1S/C23H25NO2/c1-18(2)26-23-13-6-10-20(14-23)16-24-21-11-7-12-22(15-21)25-17-19-8-4-3-5-9-19/h3-15,18,24H,16-17H2,1-2H3. The van der Waals surface area contributed by atoms with Gasteiger partial charge in [-0.05, 0) is 49.2 Å². The first-order chi connectivity index (χ1) is 12.7. The molecule has 3 nitrogen and oxygen atoms in total. The van der Waals surface area contributed by atoms with Crippen LogP contribution in [-0.2, 0) is 13.2 Å². The summed E-state index contributed by atoms with van der Waals surface area (Å²) in [5.41, 5.74) is 3.37. The summed E-state index contributed by atoms with van der Waals surface area (Å²) in [5, 5.41) is 3.44. The SMILES string of the molecule is CC(C)Oc1cccc(CNc2cccc(OCc3ccccc3)c2)c1. The minimum atomic E-state index is 0.177. The number of nitrogens with one attached hydrogen (secondary N) is 1. The predicted octanol–water partition coefficient (Wildman–Crippen LogP) is 5.66. The first kappa shape index (κ1) is 17.9. The Morgan fingerprint density at radius 3 is 2.31 bits per heavy atom. The molecule has 3 aromatic carbocycles. The van der Waals surface area contributed by atoms with Crippen molar-refractivity contribution in [3.8, 4) is 11.5 Å². The molecule has 0 heterocycles. The van der Waals surface area contributed by atoms with Crippen LogP contribution in [0.25, 0.3) is 0 Å². The van der Waals surface area contributed by atoms with Gasteiger partial charge in [-0.25, -0.2) is 0 Å². The highest BCUT2D eigenvalue weighted by Crippen LogP contribution is 2.20. The topological polar surface area (TPSA) is 30.5 Å². The maximum absolute atomic E-state index is 5.89. The van der Waals surface area contributed by atoms with Gasteiger partial charge >= 0.3 is 0 Å². The van der Waals surface area contributed by atoms with Crippen LogP contribution in [0, 0.1) is 0 Å². The fourth-order valence-electron chi connectivity index (χ4n) is 2.64. The number of hydrogen-bond acceptors (Lipinski definition) is 3. The molecule has 1 N–H and O–H groups in total. The van der Waals surface area contributed by atoms with Crippen molar-refractivity contribution in [2.45, 2.75) is 33.1 Å². The molecule has 0 spiro atoms. The Bertz CT molecular complexity index is 815. The Morgan fingerprint density at radius 2 is 1.50 bits per heavy atom. The monoisotopic (exact) mass is 347 g/mol. The van der Waals surface area contributed by atoms with Crippen molar-refractivity contribution < 1.29 is 9.47 Å². The van der Waals surface area contributed by atoms with E-state index in [0.717, 1.165) is 29.3 Å². The van der Waals surface area contributed by atoms with Gasteiger partial charge in [0, 0.05) is 18.3 Å². The quantitative estimate of drug-likeness (QED) is 0.570. The van der Waals surface area contributed by atoms with Crippen LogP contribution in [0.4, 0.5) is 5.69 Å². The molecule has 134 valence electrons. The lowest BCUT2D eigenvalue weighted by Crippen LogP contribution is -2.06. The van der Waals surface area contributed by atoms with Crippen molar-refractivity contribution >= 4 is 5.69 Å². The van der Waals surface area contributed by atoms with E-state index in [1.54, 1.807) is 0 Å². The van der Waals surface area contributed by atoms with Gasteiger partial charge in [0.1, 0.15) is 18.1 Å². The van der Waals surface area contributed by atoms with Gasteiger partial charge in [0.05, 0.1) is 6.10 Å². The summed E-state index contributed by atoms with van der Waals surface area (Å²) in [7, 11) is 0. The fourth-order valence-corrected chi connectivity index (χ4v) is 2.64. The largest absolute Gasteiger partial charge is 0.491 e. The molecule has 0 aliphatic heterocycles. The van der Waals surface area contributed by atoms with E-state index in [0.29, 0.717) is 6.61 Å². The Balaban J connectivity index is 1.57. The van der Waals surface area contributed by atoms with E-state index in [4.69, 9.17) is 9.47 Å². The molecule has 0 radical (unpaired) electrons. The van der Waals surface area contributed by atoms with Crippen LogP contribution >= 0.6 is 0 Å². The molecule has 0 fully saturated rings. The number of rotatable bonds is 8. The van der Waals surface area contributed by atoms with Gasteiger partial charge in [-0.3, -0.25) is 0 Å². The summed E-state index contributed by atoms with van der Waals surface area (Å²) in [4.78, 5) is 0. The second kappa shape index (κ2) is 8.95. The molecule has 0 aliphatic rings. The van der Waals surface area contributed by atoms with Crippen LogP contribution in [0.15, 0.2) is 78.9 Å². The lowest BCUT2D eigenvalue weighted by Gasteiger charge is -2.12. The molecule has 0 atom stereocenters. The highest BCUT2D eigenvalue weighted by Gasteiger charge is 2.01. The van der Waals surface area contributed by atoms with Crippen molar-refractivity contribution in [1.82, 2.24) is 0 Å². The van der Waals surface area contributed by atoms with Gasteiger partial charge in [-0.1, -0.05) is 48.5 Å². The molecular formula is C23H25NO2. The third-order valence-electron chi connectivity index (χ3n) is 3.85. The first-order valence-electron chi connectivity index (χ1n) is 8.95. The van der Waals surface area contributed by atoms with Crippen LogP contribution in [0.1, 0.15) is 25.0 Å². The molecule has 3 aromatic rings. The van der Waals surface area contributed by atoms with E-state index in [1.165, 1.54) is 5.56 Å². The van der Waals surface area contributed by atoms with E-state index in [-0.39, 0.29) is 6.10 Å². The molecule has 0 bridgehead atoms. The molecule has 0 amide bonds. The van der Waals surface area contributed by atoms with Crippen LogP contribution in [0.5, 0.6) is 11.5 Å². The zero-order valence-electron chi connectivity index (χ0n) is 15.3. The van der Waals surface area contributed by atoms with Crippen LogP contribution in [-0.4, -0.2) is 6.10 Å². The third-order valence-corrected chi connectivity index (χ3v) is 3.85. The second-order valence-corrected chi connectivity index (χ2v) is 6.47. The zero-order chi connectivity index (χ0) is 18.2. The average Bonchev–Trinajstić information content (AvgIpc) is 2.66. The van der Waals surface area contributed by atoms with Gasteiger partial charge in [-0.15, -0.1) is 0 Å².